The summed E-state index contributed by atoms with van der Waals surface area (Å²) in [6.45, 7) is -0.445. The second-order valence-corrected chi connectivity index (χ2v) is 2.60. The lowest BCUT2D eigenvalue weighted by Gasteiger charge is -2.07. The summed E-state index contributed by atoms with van der Waals surface area (Å²) in [5.74, 6) is -0.217. The van der Waals surface area contributed by atoms with E-state index < -0.39 is 12.2 Å². The standard InChI is InChI=1S/C6H11FN2O/c7-3-4-9-5(10)6(8)1-2-6/h1-4,8H2,(H,9,10). The van der Waals surface area contributed by atoms with E-state index in [-0.39, 0.29) is 12.5 Å². The molecule has 0 atom stereocenters. The molecule has 0 aromatic heterocycles. The molecule has 0 heterocycles. The van der Waals surface area contributed by atoms with E-state index in [1.807, 2.05) is 0 Å². The first-order valence-corrected chi connectivity index (χ1v) is 3.32. The van der Waals surface area contributed by atoms with Crippen LogP contribution in [0.5, 0.6) is 0 Å². The van der Waals surface area contributed by atoms with Gasteiger partial charge in [-0.25, -0.2) is 4.39 Å². The molecule has 0 spiro atoms. The molecule has 0 aliphatic heterocycles. The Morgan fingerprint density at radius 1 is 1.70 bits per heavy atom. The Morgan fingerprint density at radius 3 is 2.70 bits per heavy atom. The van der Waals surface area contributed by atoms with Crippen LogP contribution < -0.4 is 11.1 Å². The van der Waals surface area contributed by atoms with Gasteiger partial charge in [0.1, 0.15) is 6.67 Å². The zero-order chi connectivity index (χ0) is 7.61. The third-order valence-corrected chi connectivity index (χ3v) is 1.62. The van der Waals surface area contributed by atoms with Crippen molar-refractivity contribution in [1.82, 2.24) is 5.32 Å². The molecule has 3 N–H and O–H groups in total. The van der Waals surface area contributed by atoms with E-state index in [0.717, 1.165) is 12.8 Å². The Kier molecular flexibility index (Phi) is 1.89. The van der Waals surface area contributed by atoms with Crippen LogP contribution in [0, 0.1) is 0 Å². The van der Waals surface area contributed by atoms with E-state index in [2.05, 4.69) is 5.32 Å². The van der Waals surface area contributed by atoms with E-state index in [1.165, 1.54) is 0 Å². The summed E-state index contributed by atoms with van der Waals surface area (Å²) in [4.78, 5) is 10.9. The van der Waals surface area contributed by atoms with Gasteiger partial charge < -0.3 is 11.1 Å². The predicted octanol–water partition coefficient (Wildman–Crippen LogP) is -0.437. The maximum absolute atomic E-state index is 11.5. The zero-order valence-corrected chi connectivity index (χ0v) is 5.69. The number of carbonyl (C=O) groups is 1. The molecule has 0 aromatic rings. The summed E-state index contributed by atoms with van der Waals surface area (Å²) in [5.41, 5.74) is 4.84. The highest BCUT2D eigenvalue weighted by Gasteiger charge is 2.45. The Hall–Kier alpha value is -0.640. The van der Waals surface area contributed by atoms with Crippen molar-refractivity contribution in [1.29, 1.82) is 0 Å². The first-order valence-electron chi connectivity index (χ1n) is 3.32. The normalized spacial score (nSPS) is 20.2. The van der Waals surface area contributed by atoms with Gasteiger partial charge in [0.2, 0.25) is 5.91 Å². The summed E-state index contributed by atoms with van der Waals surface area (Å²) < 4.78 is 11.5. The lowest BCUT2D eigenvalue weighted by Crippen LogP contribution is -2.43. The summed E-state index contributed by atoms with van der Waals surface area (Å²) >= 11 is 0. The molecule has 1 amide bonds. The van der Waals surface area contributed by atoms with Crippen LogP contribution in [-0.4, -0.2) is 24.7 Å². The predicted molar refractivity (Wildman–Crippen MR) is 35.1 cm³/mol. The number of hydrogen-bond donors (Lipinski definition) is 2. The van der Waals surface area contributed by atoms with Gasteiger partial charge in [-0.15, -0.1) is 0 Å². The van der Waals surface area contributed by atoms with Gasteiger partial charge >= 0.3 is 0 Å². The number of halogens is 1. The fraction of sp³-hybridized carbons (Fsp3) is 0.833. The largest absolute Gasteiger partial charge is 0.352 e. The minimum absolute atomic E-state index is 0.0811. The molecule has 0 unspecified atom stereocenters. The van der Waals surface area contributed by atoms with Gasteiger partial charge in [0.15, 0.2) is 0 Å². The van der Waals surface area contributed by atoms with E-state index in [1.54, 1.807) is 0 Å². The van der Waals surface area contributed by atoms with Crippen LogP contribution in [0.1, 0.15) is 12.8 Å². The number of rotatable bonds is 3. The monoisotopic (exact) mass is 146 g/mol. The minimum atomic E-state index is -0.658. The molecule has 1 fully saturated rings. The molecule has 0 bridgehead atoms. The van der Waals surface area contributed by atoms with Crippen molar-refractivity contribution < 1.29 is 9.18 Å². The maximum atomic E-state index is 11.5. The van der Waals surface area contributed by atoms with Gasteiger partial charge in [-0.1, -0.05) is 0 Å². The summed E-state index contributed by atoms with van der Waals surface area (Å²) in [7, 11) is 0. The summed E-state index contributed by atoms with van der Waals surface area (Å²) in [5, 5.41) is 2.40. The van der Waals surface area contributed by atoms with Crippen molar-refractivity contribution >= 4 is 5.91 Å². The number of hydrogen-bond acceptors (Lipinski definition) is 2. The highest BCUT2D eigenvalue weighted by Crippen LogP contribution is 2.31. The first-order chi connectivity index (χ1) is 4.69. The van der Waals surface area contributed by atoms with Crippen LogP contribution in [0.3, 0.4) is 0 Å². The topological polar surface area (TPSA) is 55.1 Å². The zero-order valence-electron chi connectivity index (χ0n) is 5.69. The lowest BCUT2D eigenvalue weighted by molar-refractivity contribution is -0.123. The lowest BCUT2D eigenvalue weighted by atomic mass is 10.3. The van der Waals surface area contributed by atoms with Gasteiger partial charge in [-0.2, -0.15) is 0 Å². The number of nitrogens with two attached hydrogens (primary N) is 1. The van der Waals surface area contributed by atoms with Crippen molar-refractivity contribution in [2.45, 2.75) is 18.4 Å². The molecule has 58 valence electrons. The van der Waals surface area contributed by atoms with Crippen LogP contribution >= 0.6 is 0 Å². The summed E-state index contributed by atoms with van der Waals surface area (Å²) in [6.07, 6.45) is 1.45. The number of amides is 1. The third-order valence-electron chi connectivity index (χ3n) is 1.62. The minimum Gasteiger partial charge on any atom is -0.352 e. The number of carbonyl (C=O) groups excluding carboxylic acids is 1. The van der Waals surface area contributed by atoms with Gasteiger partial charge in [0.25, 0.3) is 0 Å². The van der Waals surface area contributed by atoms with E-state index in [4.69, 9.17) is 5.73 Å². The van der Waals surface area contributed by atoms with Crippen LogP contribution in [0.15, 0.2) is 0 Å². The fourth-order valence-corrected chi connectivity index (χ4v) is 0.699. The Morgan fingerprint density at radius 2 is 2.30 bits per heavy atom. The van der Waals surface area contributed by atoms with Gasteiger partial charge in [-0.3, -0.25) is 4.79 Å². The smallest absolute Gasteiger partial charge is 0.240 e. The highest BCUT2D eigenvalue weighted by atomic mass is 19.1. The average Bonchev–Trinajstić information content (AvgIpc) is 2.64. The second-order valence-electron chi connectivity index (χ2n) is 2.60. The quantitative estimate of drug-likeness (QED) is 0.567. The molecule has 10 heavy (non-hydrogen) atoms. The first kappa shape index (κ1) is 7.47. The van der Waals surface area contributed by atoms with E-state index in [9.17, 15) is 9.18 Å². The highest BCUT2D eigenvalue weighted by molar-refractivity contribution is 5.88. The van der Waals surface area contributed by atoms with Crippen LogP contribution in [0.4, 0.5) is 4.39 Å². The molecular weight excluding hydrogens is 135 g/mol. The van der Waals surface area contributed by atoms with Gasteiger partial charge in [-0.05, 0) is 12.8 Å². The molecular formula is C6H11FN2O. The Labute approximate surface area is 58.8 Å². The maximum Gasteiger partial charge on any atom is 0.240 e. The van der Waals surface area contributed by atoms with Crippen molar-refractivity contribution in [2.75, 3.05) is 13.2 Å². The Balaban J connectivity index is 2.22. The van der Waals surface area contributed by atoms with Crippen LogP contribution in [0.2, 0.25) is 0 Å². The molecule has 3 nitrogen and oxygen atoms in total. The SMILES string of the molecule is NC1(C(=O)NCCF)CC1. The molecule has 4 heteroatoms. The average molecular weight is 146 g/mol. The van der Waals surface area contributed by atoms with Crippen molar-refractivity contribution in [3.05, 3.63) is 0 Å². The molecule has 1 aliphatic carbocycles. The van der Waals surface area contributed by atoms with Crippen LogP contribution in [0.25, 0.3) is 0 Å². The van der Waals surface area contributed by atoms with Crippen molar-refractivity contribution in [3.63, 3.8) is 0 Å². The van der Waals surface area contributed by atoms with E-state index in [0.29, 0.717) is 0 Å². The van der Waals surface area contributed by atoms with Gasteiger partial charge in [0.05, 0.1) is 5.54 Å². The molecule has 0 radical (unpaired) electrons. The molecule has 1 rings (SSSR count). The third kappa shape index (κ3) is 1.44. The van der Waals surface area contributed by atoms with Crippen molar-refractivity contribution in [2.24, 2.45) is 5.73 Å². The Bertz CT molecular complexity index is 145. The fourth-order valence-electron chi connectivity index (χ4n) is 0.699. The van der Waals surface area contributed by atoms with E-state index >= 15 is 0 Å². The summed E-state index contributed by atoms with van der Waals surface area (Å²) in [6, 6.07) is 0. The number of alkyl halides is 1. The molecule has 1 aliphatic rings. The second kappa shape index (κ2) is 2.54. The molecule has 0 saturated heterocycles. The number of nitrogens with one attached hydrogen (secondary N) is 1. The van der Waals surface area contributed by atoms with Gasteiger partial charge in [0, 0.05) is 6.54 Å². The molecule has 1 saturated carbocycles. The van der Waals surface area contributed by atoms with Crippen LogP contribution in [-0.2, 0) is 4.79 Å². The molecule has 0 aromatic carbocycles. The van der Waals surface area contributed by atoms with Crippen molar-refractivity contribution in [3.8, 4) is 0 Å².